The van der Waals surface area contributed by atoms with Crippen LogP contribution in [-0.4, -0.2) is 9.91 Å². The average molecular weight is 283 g/mol. The smallest absolute Gasteiger partial charge is 0.331 e. The van der Waals surface area contributed by atoms with Gasteiger partial charge in [-0.25, -0.2) is 4.39 Å². The maximum Gasteiger partial charge on any atom is 0.331 e. The lowest BCUT2D eigenvalue weighted by Crippen LogP contribution is -1.98. The van der Waals surface area contributed by atoms with Crippen molar-refractivity contribution in [2.75, 3.05) is 0 Å². The number of nitro groups is 1. The summed E-state index contributed by atoms with van der Waals surface area (Å²) in [5.74, 6) is -1.08. The molecule has 0 saturated carbocycles. The Labute approximate surface area is 112 Å². The fourth-order valence-corrected chi connectivity index (χ4v) is 1.57. The first-order valence-electron chi connectivity index (χ1n) is 5.23. The predicted octanol–water partition coefficient (Wildman–Crippen LogP) is 3.88. The number of rotatable bonds is 3. The lowest BCUT2D eigenvalue weighted by Gasteiger charge is -2.07. The van der Waals surface area contributed by atoms with Gasteiger partial charge in [0.15, 0.2) is 11.6 Å². The molecule has 0 atom stereocenters. The van der Waals surface area contributed by atoms with Crippen LogP contribution in [0.3, 0.4) is 0 Å². The van der Waals surface area contributed by atoms with Crippen LogP contribution in [0.5, 0.6) is 11.6 Å². The number of nitrogens with zero attached hydrogens (tertiary/aromatic N) is 2. The zero-order valence-electron chi connectivity index (χ0n) is 9.76. The van der Waals surface area contributed by atoms with Crippen LogP contribution in [0.1, 0.15) is 5.56 Å². The standard InChI is InChI=1S/C12H8ClFN2O3/c1-7-3-2-4-9(11(7)14)19-12-8(16(17)18)5-6-10(13)15-12/h2-6H,1H3. The fraction of sp³-hybridized carbons (Fsp3) is 0.0833. The SMILES string of the molecule is Cc1cccc(Oc2nc(Cl)ccc2[N+](=O)[O-])c1F. The molecule has 0 aliphatic heterocycles. The van der Waals surface area contributed by atoms with Gasteiger partial charge in [0, 0.05) is 6.07 Å². The molecule has 1 heterocycles. The summed E-state index contributed by atoms with van der Waals surface area (Å²) in [7, 11) is 0. The third-order valence-corrected chi connectivity index (χ3v) is 2.58. The summed E-state index contributed by atoms with van der Waals surface area (Å²) in [5.41, 5.74) is -0.0208. The first-order chi connectivity index (χ1) is 8.99. The highest BCUT2D eigenvalue weighted by Crippen LogP contribution is 2.32. The third kappa shape index (κ3) is 2.79. The minimum absolute atomic E-state index is 0.0219. The molecule has 0 aliphatic rings. The lowest BCUT2D eigenvalue weighted by molar-refractivity contribution is -0.386. The van der Waals surface area contributed by atoms with Crippen LogP contribution in [-0.2, 0) is 0 Å². The highest BCUT2D eigenvalue weighted by molar-refractivity contribution is 6.29. The van der Waals surface area contributed by atoms with E-state index in [9.17, 15) is 14.5 Å². The van der Waals surface area contributed by atoms with E-state index in [0.29, 0.717) is 5.56 Å². The summed E-state index contributed by atoms with van der Waals surface area (Å²) in [4.78, 5) is 13.8. The molecule has 0 radical (unpaired) electrons. The molecule has 5 nitrogen and oxygen atoms in total. The number of benzene rings is 1. The van der Waals surface area contributed by atoms with E-state index in [0.717, 1.165) is 6.07 Å². The molecule has 1 aromatic heterocycles. The molecule has 0 saturated heterocycles. The molecule has 1 aromatic carbocycles. The van der Waals surface area contributed by atoms with Crippen molar-refractivity contribution in [3.63, 3.8) is 0 Å². The van der Waals surface area contributed by atoms with Crippen LogP contribution >= 0.6 is 11.6 Å². The molecular weight excluding hydrogens is 275 g/mol. The summed E-state index contributed by atoms with van der Waals surface area (Å²) in [5, 5.41) is 10.8. The maximum absolute atomic E-state index is 13.8. The summed E-state index contributed by atoms with van der Waals surface area (Å²) < 4.78 is 18.9. The minimum atomic E-state index is -0.674. The molecule has 0 amide bonds. The number of hydrogen-bond donors (Lipinski definition) is 0. The number of ether oxygens (including phenoxy) is 1. The Morgan fingerprint density at radius 1 is 1.37 bits per heavy atom. The molecule has 0 bridgehead atoms. The molecule has 0 fully saturated rings. The number of hydrogen-bond acceptors (Lipinski definition) is 4. The number of pyridine rings is 1. The van der Waals surface area contributed by atoms with Crippen LogP contribution in [0.15, 0.2) is 30.3 Å². The molecule has 0 aliphatic carbocycles. The van der Waals surface area contributed by atoms with Gasteiger partial charge in [-0.15, -0.1) is 0 Å². The average Bonchev–Trinajstić information content (AvgIpc) is 2.35. The highest BCUT2D eigenvalue weighted by atomic mass is 35.5. The molecule has 7 heteroatoms. The van der Waals surface area contributed by atoms with Gasteiger partial charge in [-0.05, 0) is 24.6 Å². The molecular formula is C12H8ClFN2O3. The second kappa shape index (κ2) is 5.19. The summed E-state index contributed by atoms with van der Waals surface area (Å²) >= 11 is 5.65. The Kier molecular flexibility index (Phi) is 3.62. The van der Waals surface area contributed by atoms with Crippen LogP contribution < -0.4 is 4.74 Å². The van der Waals surface area contributed by atoms with Gasteiger partial charge in [-0.2, -0.15) is 4.98 Å². The number of halogens is 2. The van der Waals surface area contributed by atoms with E-state index in [1.807, 2.05) is 0 Å². The van der Waals surface area contributed by atoms with Gasteiger partial charge >= 0.3 is 11.6 Å². The van der Waals surface area contributed by atoms with Gasteiger partial charge in [0.1, 0.15) is 5.15 Å². The van der Waals surface area contributed by atoms with Crippen LogP contribution in [0.2, 0.25) is 5.15 Å². The van der Waals surface area contributed by atoms with Crippen molar-refractivity contribution >= 4 is 17.3 Å². The van der Waals surface area contributed by atoms with Crippen molar-refractivity contribution in [2.45, 2.75) is 6.92 Å². The zero-order valence-corrected chi connectivity index (χ0v) is 10.5. The van der Waals surface area contributed by atoms with E-state index in [2.05, 4.69) is 4.98 Å². The van der Waals surface area contributed by atoms with E-state index in [1.54, 1.807) is 19.1 Å². The maximum atomic E-state index is 13.8. The van der Waals surface area contributed by atoms with Gasteiger partial charge in [0.25, 0.3) is 0 Å². The lowest BCUT2D eigenvalue weighted by atomic mass is 10.2. The van der Waals surface area contributed by atoms with Crippen LogP contribution in [0, 0.1) is 22.9 Å². The molecule has 0 spiro atoms. The first-order valence-corrected chi connectivity index (χ1v) is 5.60. The van der Waals surface area contributed by atoms with E-state index >= 15 is 0 Å². The second-order valence-electron chi connectivity index (χ2n) is 3.70. The second-order valence-corrected chi connectivity index (χ2v) is 4.09. The van der Waals surface area contributed by atoms with Crippen molar-refractivity contribution in [3.8, 4) is 11.6 Å². The molecule has 19 heavy (non-hydrogen) atoms. The van der Waals surface area contributed by atoms with Crippen LogP contribution in [0.4, 0.5) is 10.1 Å². The van der Waals surface area contributed by atoms with Crippen molar-refractivity contribution in [3.05, 3.63) is 57.0 Å². The predicted molar refractivity (Wildman–Crippen MR) is 67.1 cm³/mol. The topological polar surface area (TPSA) is 65.3 Å². The minimum Gasteiger partial charge on any atom is -0.430 e. The Morgan fingerprint density at radius 2 is 2.11 bits per heavy atom. The quantitative estimate of drug-likeness (QED) is 0.487. The largest absolute Gasteiger partial charge is 0.430 e. The molecule has 0 unspecified atom stereocenters. The molecule has 98 valence electrons. The molecule has 2 aromatic rings. The van der Waals surface area contributed by atoms with Gasteiger partial charge in [0.2, 0.25) is 0 Å². The van der Waals surface area contributed by atoms with E-state index in [-0.39, 0.29) is 22.5 Å². The van der Waals surface area contributed by atoms with Gasteiger partial charge < -0.3 is 4.74 Å². The van der Waals surface area contributed by atoms with Gasteiger partial charge in [-0.3, -0.25) is 10.1 Å². The van der Waals surface area contributed by atoms with E-state index in [1.165, 1.54) is 12.1 Å². The Hall–Kier alpha value is -2.21. The Bertz CT molecular complexity index is 649. The summed E-state index contributed by atoms with van der Waals surface area (Å²) in [6.45, 7) is 1.56. The fourth-order valence-electron chi connectivity index (χ4n) is 1.43. The first kappa shape index (κ1) is 13.2. The Morgan fingerprint density at radius 3 is 2.79 bits per heavy atom. The van der Waals surface area contributed by atoms with Crippen molar-refractivity contribution in [2.24, 2.45) is 0 Å². The van der Waals surface area contributed by atoms with E-state index in [4.69, 9.17) is 16.3 Å². The monoisotopic (exact) mass is 282 g/mol. The van der Waals surface area contributed by atoms with Crippen molar-refractivity contribution < 1.29 is 14.1 Å². The van der Waals surface area contributed by atoms with Crippen LogP contribution in [0.25, 0.3) is 0 Å². The van der Waals surface area contributed by atoms with Gasteiger partial charge in [-0.1, -0.05) is 23.7 Å². The molecule has 2 rings (SSSR count). The van der Waals surface area contributed by atoms with Crippen molar-refractivity contribution in [1.29, 1.82) is 0 Å². The van der Waals surface area contributed by atoms with E-state index < -0.39 is 10.7 Å². The van der Waals surface area contributed by atoms with Gasteiger partial charge in [0.05, 0.1) is 4.92 Å². The number of aromatic nitrogens is 1. The zero-order chi connectivity index (χ0) is 14.0. The summed E-state index contributed by atoms with van der Waals surface area (Å²) in [6, 6.07) is 6.90. The van der Waals surface area contributed by atoms with Crippen molar-refractivity contribution in [1.82, 2.24) is 4.98 Å². The summed E-state index contributed by atoms with van der Waals surface area (Å²) in [6.07, 6.45) is 0. The molecule has 0 N–H and O–H groups in total. The Balaban J connectivity index is 2.45. The third-order valence-electron chi connectivity index (χ3n) is 2.37. The normalized spacial score (nSPS) is 10.3. The number of aryl methyl sites for hydroxylation is 1. The highest BCUT2D eigenvalue weighted by Gasteiger charge is 2.19.